The predicted octanol–water partition coefficient (Wildman–Crippen LogP) is 6.54. The second-order valence-corrected chi connectivity index (χ2v) is 12.7. The number of hydrogen-bond acceptors (Lipinski definition) is 4. The third-order valence-corrected chi connectivity index (χ3v) is 10.8. The minimum atomic E-state index is -0.485. The highest BCUT2D eigenvalue weighted by molar-refractivity contribution is 5.93. The number of cyclic esters (lactones) is 1. The zero-order valence-corrected chi connectivity index (χ0v) is 23.1. The van der Waals surface area contributed by atoms with Crippen molar-refractivity contribution in [2.45, 2.75) is 104 Å². The maximum Gasteiger partial charge on any atom is 0.338 e. The number of rotatable bonds is 5. The van der Waals surface area contributed by atoms with Crippen LogP contribution in [0.25, 0.3) is 0 Å². The van der Waals surface area contributed by atoms with E-state index < -0.39 is 12.2 Å². The van der Waals surface area contributed by atoms with E-state index in [-0.39, 0.29) is 35.2 Å². The van der Waals surface area contributed by atoms with Crippen molar-refractivity contribution in [3.8, 4) is 0 Å². The Balaban J connectivity index is 1.49. The number of esters is 1. The number of ether oxygens (including phenoxy) is 1. The number of carbonyl (C=O) groups excluding carboxylic acids is 1. The molecule has 4 nitrogen and oxygen atoms in total. The molecule has 10 atom stereocenters. The van der Waals surface area contributed by atoms with Crippen molar-refractivity contribution in [3.05, 3.63) is 47.6 Å². The summed E-state index contributed by atoms with van der Waals surface area (Å²) in [6.45, 7) is 19.1. The van der Waals surface area contributed by atoms with Crippen molar-refractivity contribution >= 4 is 5.97 Å². The molecule has 4 aliphatic rings. The van der Waals surface area contributed by atoms with Crippen molar-refractivity contribution in [2.75, 3.05) is 0 Å². The number of aliphatic hydroxyl groups excluding tert-OH is 2. The first-order chi connectivity index (χ1) is 17.0. The fourth-order valence-corrected chi connectivity index (χ4v) is 8.29. The van der Waals surface area contributed by atoms with Crippen molar-refractivity contribution in [3.63, 3.8) is 0 Å². The maximum atomic E-state index is 12.4. The Labute approximate surface area is 218 Å². The molecule has 0 aromatic carbocycles. The van der Waals surface area contributed by atoms with Crippen LogP contribution in [0, 0.1) is 40.9 Å². The molecule has 0 amide bonds. The number of carbonyl (C=O) groups is 1. The summed E-state index contributed by atoms with van der Waals surface area (Å²) in [5, 5.41) is 21.0. The van der Waals surface area contributed by atoms with E-state index in [1.165, 1.54) is 31.3 Å². The lowest BCUT2D eigenvalue weighted by molar-refractivity contribution is -0.150. The van der Waals surface area contributed by atoms with Gasteiger partial charge in [0.05, 0.1) is 17.8 Å². The molecule has 0 spiro atoms. The van der Waals surface area contributed by atoms with Gasteiger partial charge in [0.2, 0.25) is 0 Å². The Bertz CT molecular complexity index is 944. The molecule has 1 aliphatic heterocycles. The van der Waals surface area contributed by atoms with Gasteiger partial charge in [0.1, 0.15) is 6.10 Å². The summed E-state index contributed by atoms with van der Waals surface area (Å²) >= 11 is 0. The molecular weight excluding hydrogens is 448 g/mol. The quantitative estimate of drug-likeness (QED) is 0.335. The first kappa shape index (κ1) is 27.4. The third-order valence-electron chi connectivity index (χ3n) is 10.8. The van der Waals surface area contributed by atoms with Gasteiger partial charge in [-0.15, -0.1) is 0 Å². The highest BCUT2D eigenvalue weighted by Crippen LogP contribution is 2.60. The zero-order valence-electron chi connectivity index (χ0n) is 23.1. The van der Waals surface area contributed by atoms with Gasteiger partial charge in [0.25, 0.3) is 0 Å². The fraction of sp³-hybridized carbons (Fsp3) is 0.719. The van der Waals surface area contributed by atoms with Crippen LogP contribution in [0.5, 0.6) is 0 Å². The minimum absolute atomic E-state index is 0.0779. The van der Waals surface area contributed by atoms with Crippen LogP contribution in [0.2, 0.25) is 0 Å². The van der Waals surface area contributed by atoms with E-state index in [1.54, 1.807) is 5.57 Å². The average molecular weight is 497 g/mol. The molecule has 3 aliphatic carbocycles. The molecule has 0 aromatic rings. The summed E-state index contributed by atoms with van der Waals surface area (Å²) in [5.74, 6) is 1.53. The summed E-state index contributed by atoms with van der Waals surface area (Å²) in [5.41, 5.74) is 4.27. The summed E-state index contributed by atoms with van der Waals surface area (Å²) in [4.78, 5) is 12.4. The minimum Gasteiger partial charge on any atom is -0.458 e. The number of aliphatic hydroxyl groups is 2. The van der Waals surface area contributed by atoms with Gasteiger partial charge in [-0.05, 0) is 80.1 Å². The maximum absolute atomic E-state index is 12.4. The van der Waals surface area contributed by atoms with Gasteiger partial charge < -0.3 is 14.9 Å². The lowest BCUT2D eigenvalue weighted by Crippen LogP contribution is -2.40. The van der Waals surface area contributed by atoms with Crippen LogP contribution in [-0.4, -0.2) is 34.5 Å². The van der Waals surface area contributed by atoms with Crippen LogP contribution in [0.4, 0.5) is 0 Å². The summed E-state index contributed by atoms with van der Waals surface area (Å²) < 4.78 is 5.87. The van der Waals surface area contributed by atoms with Gasteiger partial charge in [-0.3, -0.25) is 0 Å². The largest absolute Gasteiger partial charge is 0.458 e. The van der Waals surface area contributed by atoms with Gasteiger partial charge in [0, 0.05) is 17.8 Å². The van der Waals surface area contributed by atoms with Gasteiger partial charge in [0.15, 0.2) is 0 Å². The third kappa shape index (κ3) is 4.80. The molecule has 0 aromatic heterocycles. The van der Waals surface area contributed by atoms with Gasteiger partial charge in [-0.1, -0.05) is 71.1 Å². The summed E-state index contributed by atoms with van der Waals surface area (Å²) in [7, 11) is 0. The normalized spacial score (nSPS) is 44.6. The molecule has 4 fully saturated rings. The lowest BCUT2D eigenvalue weighted by atomic mass is 9.60. The van der Waals surface area contributed by atoms with E-state index in [9.17, 15) is 15.0 Å². The van der Waals surface area contributed by atoms with Gasteiger partial charge >= 0.3 is 5.97 Å². The van der Waals surface area contributed by atoms with Crippen LogP contribution in [-0.2, 0) is 9.53 Å². The number of hydrogen-bond donors (Lipinski definition) is 2. The molecule has 200 valence electrons. The summed E-state index contributed by atoms with van der Waals surface area (Å²) in [6, 6.07) is 0. The Kier molecular flexibility index (Phi) is 8.07. The Hall–Kier alpha value is -1.65. The Morgan fingerprint density at radius 2 is 1.86 bits per heavy atom. The van der Waals surface area contributed by atoms with E-state index in [2.05, 4.69) is 53.0 Å². The molecular formula is C32H48O4. The van der Waals surface area contributed by atoms with E-state index in [4.69, 9.17) is 4.74 Å². The number of fused-ring (bicyclic) bond motifs is 1. The highest BCUT2D eigenvalue weighted by Gasteiger charge is 2.51. The van der Waals surface area contributed by atoms with Crippen LogP contribution in [0.1, 0.15) is 86.0 Å². The molecule has 36 heavy (non-hydrogen) atoms. The molecule has 4 rings (SSSR count). The van der Waals surface area contributed by atoms with Crippen LogP contribution in [0.3, 0.4) is 0 Å². The lowest BCUT2D eigenvalue weighted by Gasteiger charge is -2.45. The highest BCUT2D eigenvalue weighted by atomic mass is 16.5. The molecule has 1 heterocycles. The van der Waals surface area contributed by atoms with E-state index in [0.29, 0.717) is 29.7 Å². The van der Waals surface area contributed by atoms with Gasteiger partial charge in [-0.25, -0.2) is 4.79 Å². The SMILES string of the molecule is C=C1C(=C)C(CC)[C@@H](C[C@@H](C)C2CC[C@H]3/C(=C/C=C4/C[C@@H](O)[C@H](C)C(O)C4C)CCC[C@]23C)OC1=O. The molecule has 4 unspecified atom stereocenters. The van der Waals surface area contributed by atoms with Crippen molar-refractivity contribution in [2.24, 2.45) is 40.9 Å². The second-order valence-electron chi connectivity index (χ2n) is 12.7. The summed E-state index contributed by atoms with van der Waals surface area (Å²) in [6.07, 6.45) is 12.0. The van der Waals surface area contributed by atoms with Crippen LogP contribution >= 0.6 is 0 Å². The molecule has 0 bridgehead atoms. The first-order valence-electron chi connectivity index (χ1n) is 14.3. The first-order valence-corrected chi connectivity index (χ1v) is 14.3. The number of allylic oxidation sites excluding steroid dienone is 3. The van der Waals surface area contributed by atoms with E-state index in [0.717, 1.165) is 24.8 Å². The smallest absolute Gasteiger partial charge is 0.338 e. The standard InChI is InChI=1S/C32H48O4/c1-8-25-19(3)20(4)31(35)36-29(25)16-18(2)26-13-14-27-23(10-9-15-32(26,27)7)11-12-24-17-28(33)22(6)30(34)21(24)5/h11-12,18,21-22,25-30,33-34H,3-4,8-10,13-17H2,1-2,5-7H3/b23-11+,24-12-/t18-,21?,22+,25?,26?,27+,28-,29-,30?,32-/m1/s1. The van der Waals surface area contributed by atoms with Crippen molar-refractivity contribution < 1.29 is 19.7 Å². The predicted molar refractivity (Wildman–Crippen MR) is 145 cm³/mol. The van der Waals surface area contributed by atoms with E-state index >= 15 is 0 Å². The van der Waals surface area contributed by atoms with Crippen LogP contribution < -0.4 is 0 Å². The Morgan fingerprint density at radius 3 is 2.56 bits per heavy atom. The second kappa shape index (κ2) is 10.6. The Morgan fingerprint density at radius 1 is 1.17 bits per heavy atom. The zero-order chi connectivity index (χ0) is 26.4. The van der Waals surface area contributed by atoms with Crippen molar-refractivity contribution in [1.29, 1.82) is 0 Å². The van der Waals surface area contributed by atoms with Crippen LogP contribution in [0.15, 0.2) is 47.6 Å². The molecule has 4 heteroatoms. The van der Waals surface area contributed by atoms with Gasteiger partial charge in [-0.2, -0.15) is 0 Å². The average Bonchev–Trinajstić information content (AvgIpc) is 3.20. The monoisotopic (exact) mass is 496 g/mol. The topological polar surface area (TPSA) is 66.8 Å². The molecule has 1 saturated heterocycles. The van der Waals surface area contributed by atoms with E-state index in [1.807, 2.05) is 6.92 Å². The fourth-order valence-electron chi connectivity index (χ4n) is 8.29. The molecule has 0 radical (unpaired) electrons. The van der Waals surface area contributed by atoms with Crippen molar-refractivity contribution in [1.82, 2.24) is 0 Å². The molecule has 3 saturated carbocycles. The molecule has 2 N–H and O–H groups in total.